The van der Waals surface area contributed by atoms with Crippen molar-refractivity contribution >= 4 is 5.82 Å². The molecule has 0 saturated carbocycles. The van der Waals surface area contributed by atoms with Crippen LogP contribution in [0.15, 0.2) is 30.5 Å². The summed E-state index contributed by atoms with van der Waals surface area (Å²) in [6.45, 7) is 1.93. The van der Waals surface area contributed by atoms with Crippen molar-refractivity contribution in [2.24, 2.45) is 0 Å². The number of methoxy groups -OCH3 is 2. The number of aromatic nitrogens is 1. The van der Waals surface area contributed by atoms with E-state index in [2.05, 4.69) is 4.98 Å². The van der Waals surface area contributed by atoms with Crippen LogP contribution in [0.3, 0.4) is 0 Å². The lowest BCUT2D eigenvalue weighted by Crippen LogP contribution is -1.95. The molecule has 0 aliphatic rings. The van der Waals surface area contributed by atoms with Crippen molar-refractivity contribution in [3.05, 3.63) is 36.0 Å². The van der Waals surface area contributed by atoms with Crippen molar-refractivity contribution in [2.45, 2.75) is 6.92 Å². The van der Waals surface area contributed by atoms with Gasteiger partial charge >= 0.3 is 0 Å². The summed E-state index contributed by atoms with van der Waals surface area (Å²) in [5.41, 5.74) is 8.56. The Hall–Kier alpha value is -2.23. The Morgan fingerprint density at radius 1 is 1.11 bits per heavy atom. The van der Waals surface area contributed by atoms with Gasteiger partial charge in [-0.05, 0) is 36.8 Å². The molecular weight excluding hydrogens is 228 g/mol. The number of nitrogen functional groups attached to an aromatic ring is 1. The topological polar surface area (TPSA) is 57.4 Å². The summed E-state index contributed by atoms with van der Waals surface area (Å²) in [6, 6.07) is 7.64. The maximum Gasteiger partial charge on any atom is 0.127 e. The average molecular weight is 244 g/mol. The summed E-state index contributed by atoms with van der Waals surface area (Å²) in [5.74, 6) is 2.10. The van der Waals surface area contributed by atoms with Crippen LogP contribution in [0.1, 0.15) is 5.56 Å². The predicted octanol–water partition coefficient (Wildman–Crippen LogP) is 2.66. The van der Waals surface area contributed by atoms with E-state index in [0.29, 0.717) is 5.82 Å². The molecule has 0 saturated heterocycles. The van der Waals surface area contributed by atoms with Gasteiger partial charge in [0.15, 0.2) is 0 Å². The van der Waals surface area contributed by atoms with Gasteiger partial charge in [-0.1, -0.05) is 0 Å². The van der Waals surface area contributed by atoms with Crippen LogP contribution in [0.25, 0.3) is 11.1 Å². The van der Waals surface area contributed by atoms with Crippen molar-refractivity contribution in [3.8, 4) is 22.6 Å². The van der Waals surface area contributed by atoms with Crippen molar-refractivity contribution in [1.29, 1.82) is 0 Å². The van der Waals surface area contributed by atoms with Gasteiger partial charge in [-0.2, -0.15) is 0 Å². The molecule has 2 N–H and O–H groups in total. The van der Waals surface area contributed by atoms with E-state index < -0.39 is 0 Å². The van der Waals surface area contributed by atoms with Gasteiger partial charge in [-0.3, -0.25) is 0 Å². The van der Waals surface area contributed by atoms with E-state index in [4.69, 9.17) is 15.2 Å². The Morgan fingerprint density at radius 2 is 1.89 bits per heavy atom. The molecule has 4 nitrogen and oxygen atoms in total. The summed E-state index contributed by atoms with van der Waals surface area (Å²) in [6.07, 6.45) is 1.74. The second-order valence-electron chi connectivity index (χ2n) is 3.99. The largest absolute Gasteiger partial charge is 0.497 e. The zero-order chi connectivity index (χ0) is 13.1. The molecular formula is C14H16N2O2. The molecule has 0 atom stereocenters. The van der Waals surface area contributed by atoms with Gasteiger partial charge in [0.1, 0.15) is 17.3 Å². The first-order valence-electron chi connectivity index (χ1n) is 5.60. The second-order valence-corrected chi connectivity index (χ2v) is 3.99. The Kier molecular flexibility index (Phi) is 3.37. The van der Waals surface area contributed by atoms with Crippen LogP contribution < -0.4 is 15.2 Å². The van der Waals surface area contributed by atoms with Gasteiger partial charge in [0, 0.05) is 17.3 Å². The fourth-order valence-electron chi connectivity index (χ4n) is 1.77. The second kappa shape index (κ2) is 4.96. The van der Waals surface area contributed by atoms with E-state index in [-0.39, 0.29) is 0 Å². The molecule has 1 aromatic heterocycles. The highest BCUT2D eigenvalue weighted by Crippen LogP contribution is 2.33. The molecule has 0 aliphatic carbocycles. The smallest absolute Gasteiger partial charge is 0.127 e. The third-order valence-corrected chi connectivity index (χ3v) is 2.84. The molecule has 0 spiro atoms. The lowest BCUT2D eigenvalue weighted by Gasteiger charge is -2.11. The molecule has 94 valence electrons. The van der Waals surface area contributed by atoms with Gasteiger partial charge in [0.2, 0.25) is 0 Å². The Balaban J connectivity index is 2.57. The van der Waals surface area contributed by atoms with Crippen LogP contribution in [0.2, 0.25) is 0 Å². The molecule has 0 radical (unpaired) electrons. The number of pyridine rings is 1. The van der Waals surface area contributed by atoms with Gasteiger partial charge in [0.25, 0.3) is 0 Å². The van der Waals surface area contributed by atoms with E-state index in [0.717, 1.165) is 28.2 Å². The summed E-state index contributed by atoms with van der Waals surface area (Å²) in [7, 11) is 3.28. The zero-order valence-corrected chi connectivity index (χ0v) is 10.7. The number of aryl methyl sites for hydroxylation is 1. The highest BCUT2D eigenvalue weighted by molar-refractivity contribution is 5.72. The fraction of sp³-hybridized carbons (Fsp3) is 0.214. The summed E-state index contributed by atoms with van der Waals surface area (Å²) in [5, 5.41) is 0. The molecule has 0 fully saturated rings. The molecule has 1 aromatic carbocycles. The lowest BCUT2D eigenvalue weighted by atomic mass is 10.0. The van der Waals surface area contributed by atoms with Crippen LogP contribution in [0.5, 0.6) is 11.5 Å². The lowest BCUT2D eigenvalue weighted by molar-refractivity contribution is 0.404. The van der Waals surface area contributed by atoms with Crippen molar-refractivity contribution in [1.82, 2.24) is 4.98 Å². The predicted molar refractivity (Wildman–Crippen MR) is 71.9 cm³/mol. The molecule has 0 unspecified atom stereocenters. The molecule has 18 heavy (non-hydrogen) atoms. The number of hydrogen-bond donors (Lipinski definition) is 1. The highest BCUT2D eigenvalue weighted by atomic mass is 16.5. The number of ether oxygens (including phenoxy) is 2. The zero-order valence-electron chi connectivity index (χ0n) is 10.7. The van der Waals surface area contributed by atoms with Gasteiger partial charge in [0.05, 0.1) is 14.2 Å². The third kappa shape index (κ3) is 2.22. The van der Waals surface area contributed by atoms with E-state index in [1.165, 1.54) is 0 Å². The first kappa shape index (κ1) is 12.2. The molecule has 0 aliphatic heterocycles. The molecule has 2 rings (SSSR count). The minimum absolute atomic E-state index is 0.542. The maximum atomic E-state index is 5.73. The van der Waals surface area contributed by atoms with Crippen molar-refractivity contribution < 1.29 is 9.47 Å². The number of nitrogens with zero attached hydrogens (tertiary/aromatic N) is 1. The first-order chi connectivity index (χ1) is 8.65. The van der Waals surface area contributed by atoms with Crippen molar-refractivity contribution in [3.63, 3.8) is 0 Å². The summed E-state index contributed by atoms with van der Waals surface area (Å²) >= 11 is 0. The van der Waals surface area contributed by atoms with Gasteiger partial charge < -0.3 is 15.2 Å². The molecule has 2 aromatic rings. The maximum absolute atomic E-state index is 5.73. The van der Waals surface area contributed by atoms with Gasteiger partial charge in [-0.15, -0.1) is 0 Å². The fourth-order valence-corrected chi connectivity index (χ4v) is 1.77. The van der Waals surface area contributed by atoms with E-state index in [1.54, 1.807) is 20.4 Å². The SMILES string of the molecule is COc1ccc(OC)c(-c2cnc(N)c(C)c2)c1. The van der Waals surface area contributed by atoms with Crippen LogP contribution in [0, 0.1) is 6.92 Å². The van der Waals surface area contributed by atoms with Gasteiger partial charge in [-0.25, -0.2) is 4.98 Å². The highest BCUT2D eigenvalue weighted by Gasteiger charge is 2.09. The third-order valence-electron chi connectivity index (χ3n) is 2.84. The van der Waals surface area contributed by atoms with E-state index in [1.807, 2.05) is 31.2 Å². The minimum Gasteiger partial charge on any atom is -0.497 e. The van der Waals surface area contributed by atoms with E-state index in [9.17, 15) is 0 Å². The standard InChI is InChI=1S/C14H16N2O2/c1-9-6-10(8-16-14(9)15)12-7-11(17-2)4-5-13(12)18-3/h4-8H,1-3H3,(H2,15,16). The number of benzene rings is 1. The molecule has 0 amide bonds. The minimum atomic E-state index is 0.542. The summed E-state index contributed by atoms with van der Waals surface area (Å²) in [4.78, 5) is 4.17. The average Bonchev–Trinajstić information content (AvgIpc) is 2.41. The number of anilines is 1. The Bertz CT molecular complexity index is 568. The number of rotatable bonds is 3. The Morgan fingerprint density at radius 3 is 2.50 bits per heavy atom. The van der Waals surface area contributed by atoms with Crippen molar-refractivity contribution in [2.75, 3.05) is 20.0 Å². The van der Waals surface area contributed by atoms with E-state index >= 15 is 0 Å². The molecule has 1 heterocycles. The summed E-state index contributed by atoms with van der Waals surface area (Å²) < 4.78 is 10.6. The Labute approximate surface area is 106 Å². The van der Waals surface area contributed by atoms with Crippen LogP contribution in [-0.4, -0.2) is 19.2 Å². The molecule has 0 bridgehead atoms. The first-order valence-corrected chi connectivity index (χ1v) is 5.60. The number of nitrogens with two attached hydrogens (primary N) is 1. The number of hydrogen-bond acceptors (Lipinski definition) is 4. The van der Waals surface area contributed by atoms with Crippen LogP contribution in [0.4, 0.5) is 5.82 Å². The quantitative estimate of drug-likeness (QED) is 0.901. The van der Waals surface area contributed by atoms with Crippen LogP contribution in [-0.2, 0) is 0 Å². The monoisotopic (exact) mass is 244 g/mol. The van der Waals surface area contributed by atoms with Crippen LogP contribution >= 0.6 is 0 Å². The normalized spacial score (nSPS) is 10.2. The molecule has 4 heteroatoms.